The number of amides is 1. The predicted molar refractivity (Wildman–Crippen MR) is 82.8 cm³/mol. The van der Waals surface area contributed by atoms with Crippen LogP contribution in [-0.2, 0) is 14.8 Å². The molecule has 0 spiro atoms. The number of piperidine rings is 1. The number of likely N-dealkylation sites (tertiary alicyclic amines) is 1. The lowest BCUT2D eigenvalue weighted by Gasteiger charge is -2.32. The number of nitrogens with zero attached hydrogens (tertiary/aromatic N) is 3. The van der Waals surface area contributed by atoms with Crippen LogP contribution in [0.3, 0.4) is 0 Å². The summed E-state index contributed by atoms with van der Waals surface area (Å²) in [6.07, 6.45) is 6.43. The summed E-state index contributed by atoms with van der Waals surface area (Å²) >= 11 is 0. The number of aryl methyl sites for hydroxylation is 1. The van der Waals surface area contributed by atoms with E-state index in [1.54, 1.807) is 11.2 Å². The molecular weight excluding hydrogens is 304 g/mol. The van der Waals surface area contributed by atoms with Crippen molar-refractivity contribution in [2.24, 2.45) is 0 Å². The van der Waals surface area contributed by atoms with E-state index < -0.39 is 10.0 Å². The summed E-state index contributed by atoms with van der Waals surface area (Å²) in [5, 5.41) is 0. The quantitative estimate of drug-likeness (QED) is 0.847. The smallest absolute Gasteiger partial charge is 0.223 e. The number of carbonyl (C=O) groups is 1. The average Bonchev–Trinajstić information content (AvgIpc) is 2.46. The molecule has 22 heavy (non-hydrogen) atoms. The molecule has 2 rings (SSSR count). The molecule has 1 aliphatic rings. The van der Waals surface area contributed by atoms with Crippen molar-refractivity contribution < 1.29 is 13.2 Å². The van der Waals surface area contributed by atoms with Gasteiger partial charge in [-0.15, -0.1) is 0 Å². The predicted octanol–water partition coefficient (Wildman–Crippen LogP) is 0.430. The van der Waals surface area contributed by atoms with Crippen LogP contribution in [0.2, 0.25) is 0 Å². The minimum atomic E-state index is -3.24. The van der Waals surface area contributed by atoms with Crippen molar-refractivity contribution >= 4 is 15.9 Å². The maximum absolute atomic E-state index is 12.1. The highest BCUT2D eigenvalue weighted by molar-refractivity contribution is 7.88. The van der Waals surface area contributed by atoms with E-state index in [1.807, 2.05) is 13.1 Å². The molecule has 1 aromatic rings. The molecule has 7 nitrogen and oxygen atoms in total. The van der Waals surface area contributed by atoms with Gasteiger partial charge in [0.25, 0.3) is 0 Å². The fraction of sp³-hybridized carbons (Fsp3) is 0.643. The summed E-state index contributed by atoms with van der Waals surface area (Å²) in [4.78, 5) is 22.2. The van der Waals surface area contributed by atoms with Crippen LogP contribution < -0.4 is 4.72 Å². The van der Waals surface area contributed by atoms with Gasteiger partial charge in [0.2, 0.25) is 15.9 Å². The van der Waals surface area contributed by atoms with Crippen LogP contribution in [0, 0.1) is 6.92 Å². The maximum Gasteiger partial charge on any atom is 0.223 e. The highest BCUT2D eigenvalue weighted by atomic mass is 32.2. The van der Waals surface area contributed by atoms with E-state index in [1.165, 1.54) is 0 Å². The molecule has 8 heteroatoms. The molecule has 0 bridgehead atoms. The number of rotatable bonds is 5. The maximum atomic E-state index is 12.1. The zero-order valence-electron chi connectivity index (χ0n) is 12.9. The van der Waals surface area contributed by atoms with Gasteiger partial charge in [-0.2, -0.15) is 0 Å². The number of carbonyl (C=O) groups excluding carboxylic acids is 1. The van der Waals surface area contributed by atoms with Crippen LogP contribution in [0.1, 0.15) is 36.4 Å². The van der Waals surface area contributed by atoms with Crippen molar-refractivity contribution in [3.05, 3.63) is 23.8 Å². The van der Waals surface area contributed by atoms with Gasteiger partial charge in [0.05, 0.1) is 6.26 Å². The first-order valence-corrected chi connectivity index (χ1v) is 9.25. The summed E-state index contributed by atoms with van der Waals surface area (Å²) in [5.41, 5.74) is 2.16. The Kier molecular flexibility index (Phi) is 5.47. The van der Waals surface area contributed by atoms with Crippen LogP contribution in [0.25, 0.3) is 0 Å². The van der Waals surface area contributed by atoms with E-state index in [2.05, 4.69) is 14.7 Å². The van der Waals surface area contributed by atoms with E-state index in [9.17, 15) is 13.2 Å². The van der Waals surface area contributed by atoms with Gasteiger partial charge in [-0.05, 0) is 25.3 Å². The van der Waals surface area contributed by atoms with Crippen molar-refractivity contribution in [2.75, 3.05) is 25.9 Å². The normalized spacial score (nSPS) is 16.7. The lowest BCUT2D eigenvalue weighted by atomic mass is 9.91. The first-order valence-electron chi connectivity index (χ1n) is 7.36. The minimum Gasteiger partial charge on any atom is -0.343 e. The monoisotopic (exact) mass is 326 g/mol. The molecule has 0 radical (unpaired) electrons. The molecular formula is C14H22N4O3S. The van der Waals surface area contributed by atoms with Crippen LogP contribution in [0.15, 0.2) is 12.5 Å². The Morgan fingerprint density at radius 3 is 2.68 bits per heavy atom. The van der Waals surface area contributed by atoms with Gasteiger partial charge < -0.3 is 4.90 Å². The topological polar surface area (TPSA) is 92.3 Å². The summed E-state index contributed by atoms with van der Waals surface area (Å²) in [7, 11) is -3.24. The van der Waals surface area contributed by atoms with E-state index in [-0.39, 0.29) is 18.9 Å². The third-order valence-corrected chi connectivity index (χ3v) is 4.60. The SMILES string of the molecule is Cc1cncnc1C1CCN(C(=O)CCNS(C)(=O)=O)CC1. The largest absolute Gasteiger partial charge is 0.343 e. The number of nitrogens with one attached hydrogen (secondary N) is 1. The van der Waals surface area contributed by atoms with Gasteiger partial charge in [0.1, 0.15) is 6.33 Å². The van der Waals surface area contributed by atoms with E-state index in [0.29, 0.717) is 19.0 Å². The minimum absolute atomic E-state index is 0.00555. The van der Waals surface area contributed by atoms with Crippen LogP contribution in [0.5, 0.6) is 0 Å². The summed E-state index contributed by atoms with van der Waals surface area (Å²) in [5.74, 6) is 0.357. The average molecular weight is 326 g/mol. The third-order valence-electron chi connectivity index (χ3n) is 3.87. The Morgan fingerprint density at radius 2 is 2.09 bits per heavy atom. The second kappa shape index (κ2) is 7.15. The first kappa shape index (κ1) is 16.8. The van der Waals surface area contributed by atoms with Crippen molar-refractivity contribution in [2.45, 2.75) is 32.1 Å². The standard InChI is InChI=1S/C14H22N4O3S/c1-11-9-15-10-16-14(11)12-4-7-18(8-5-12)13(19)3-6-17-22(2,20)21/h9-10,12,17H,3-8H2,1-2H3. The Labute approximate surface area is 131 Å². The fourth-order valence-corrected chi connectivity index (χ4v) is 3.21. The third kappa shape index (κ3) is 4.74. The molecule has 1 amide bonds. The highest BCUT2D eigenvalue weighted by Crippen LogP contribution is 2.28. The molecule has 0 aromatic carbocycles. The molecule has 1 saturated heterocycles. The van der Waals surface area contributed by atoms with E-state index in [0.717, 1.165) is 30.4 Å². The molecule has 1 N–H and O–H groups in total. The Morgan fingerprint density at radius 1 is 1.41 bits per heavy atom. The zero-order chi connectivity index (χ0) is 16.2. The molecule has 1 fully saturated rings. The van der Waals surface area contributed by atoms with Gasteiger partial charge >= 0.3 is 0 Å². The number of aromatic nitrogens is 2. The van der Waals surface area contributed by atoms with Crippen molar-refractivity contribution in [1.29, 1.82) is 0 Å². The molecule has 0 atom stereocenters. The highest BCUT2D eigenvalue weighted by Gasteiger charge is 2.25. The molecule has 1 aliphatic heterocycles. The Bertz CT molecular complexity index is 625. The zero-order valence-corrected chi connectivity index (χ0v) is 13.8. The number of hydrogen-bond acceptors (Lipinski definition) is 5. The molecule has 0 aliphatic carbocycles. The number of sulfonamides is 1. The van der Waals surface area contributed by atoms with Crippen molar-refractivity contribution in [3.8, 4) is 0 Å². The number of hydrogen-bond donors (Lipinski definition) is 1. The van der Waals surface area contributed by atoms with E-state index in [4.69, 9.17) is 0 Å². The molecule has 1 aromatic heterocycles. The molecule has 0 unspecified atom stereocenters. The summed E-state index contributed by atoms with van der Waals surface area (Å²) in [6, 6.07) is 0. The lowest BCUT2D eigenvalue weighted by Crippen LogP contribution is -2.39. The second-order valence-electron chi connectivity index (χ2n) is 5.66. The Balaban J connectivity index is 1.82. The second-order valence-corrected chi connectivity index (χ2v) is 7.50. The van der Waals surface area contributed by atoms with Gasteiger partial charge in [0, 0.05) is 43.9 Å². The fourth-order valence-electron chi connectivity index (χ4n) is 2.74. The van der Waals surface area contributed by atoms with Crippen LogP contribution in [-0.4, -0.2) is 55.1 Å². The first-order chi connectivity index (χ1) is 10.4. The molecule has 0 saturated carbocycles. The van der Waals surface area contributed by atoms with Crippen molar-refractivity contribution in [3.63, 3.8) is 0 Å². The van der Waals surface area contributed by atoms with Gasteiger partial charge in [-0.1, -0.05) is 0 Å². The molecule has 2 heterocycles. The van der Waals surface area contributed by atoms with Gasteiger partial charge in [-0.25, -0.2) is 23.1 Å². The summed E-state index contributed by atoms with van der Waals surface area (Å²) < 4.78 is 24.3. The van der Waals surface area contributed by atoms with E-state index >= 15 is 0 Å². The summed E-state index contributed by atoms with van der Waals surface area (Å²) in [6.45, 7) is 3.53. The Hall–Kier alpha value is -1.54. The van der Waals surface area contributed by atoms with Gasteiger partial charge in [-0.3, -0.25) is 4.79 Å². The molecule has 122 valence electrons. The van der Waals surface area contributed by atoms with Gasteiger partial charge in [0.15, 0.2) is 0 Å². The van der Waals surface area contributed by atoms with Crippen LogP contribution >= 0.6 is 0 Å². The lowest BCUT2D eigenvalue weighted by molar-refractivity contribution is -0.132. The van der Waals surface area contributed by atoms with Crippen LogP contribution in [0.4, 0.5) is 0 Å². The van der Waals surface area contributed by atoms with Crippen molar-refractivity contribution in [1.82, 2.24) is 19.6 Å².